The zero-order valence-corrected chi connectivity index (χ0v) is 31.8. The molecule has 0 saturated heterocycles. The van der Waals surface area contributed by atoms with E-state index in [-0.39, 0.29) is 0 Å². The van der Waals surface area contributed by atoms with Crippen LogP contribution in [-0.4, -0.2) is 0 Å². The Labute approximate surface area is 338 Å². The highest BCUT2D eigenvalue weighted by molar-refractivity contribution is 6.35. The van der Waals surface area contributed by atoms with Crippen molar-refractivity contribution in [2.24, 2.45) is 0 Å². The highest BCUT2D eigenvalue weighted by Gasteiger charge is 2.19. The standard InChI is InChI=1S/C56H38N2/c1-5-15-41(16-6-1)57(42-17-7-2-8-18-42)45-31-27-39(28-32-45)47-35-37-53-52-26-14-24-50-48(36-38-54(56(50)52)51-25-13-23-49(47)55(51)53)40-29-33-46(34-30-40)58(43-19-9-3-10-20-43)44-21-11-4-12-22-44/h1-38H. The highest BCUT2D eigenvalue weighted by Crippen LogP contribution is 2.46. The Bertz CT molecular complexity index is 2860. The van der Waals surface area contributed by atoms with Gasteiger partial charge in [0, 0.05) is 34.1 Å². The lowest BCUT2D eigenvalue weighted by atomic mass is 9.85. The van der Waals surface area contributed by atoms with Gasteiger partial charge in [0.25, 0.3) is 0 Å². The van der Waals surface area contributed by atoms with Crippen molar-refractivity contribution in [2.45, 2.75) is 0 Å². The molecule has 0 aliphatic rings. The highest BCUT2D eigenvalue weighted by atomic mass is 15.1. The van der Waals surface area contributed by atoms with Gasteiger partial charge in [0.05, 0.1) is 0 Å². The summed E-state index contributed by atoms with van der Waals surface area (Å²) < 4.78 is 0. The number of nitrogens with zero attached hydrogens (tertiary/aromatic N) is 2. The van der Waals surface area contributed by atoms with E-state index in [9.17, 15) is 0 Å². The molecule has 2 heteroatoms. The SMILES string of the molecule is c1ccc(N(c2ccccc2)c2ccc(-c3ccc4c5cccc6c(-c7ccc(N(c8ccccc8)c8ccccc8)cc7)ccc(c7cccc3c74)c65)cc2)cc1. The smallest absolute Gasteiger partial charge is 0.0462 e. The number of hydrogen-bond acceptors (Lipinski definition) is 2. The van der Waals surface area contributed by atoms with E-state index in [1.54, 1.807) is 0 Å². The zero-order chi connectivity index (χ0) is 38.4. The fourth-order valence-electron chi connectivity index (χ4n) is 9.00. The molecule has 0 atom stereocenters. The van der Waals surface area contributed by atoms with Crippen LogP contribution in [0.2, 0.25) is 0 Å². The number of fused-ring (bicyclic) bond motifs is 2. The van der Waals surface area contributed by atoms with Gasteiger partial charge in [-0.15, -0.1) is 0 Å². The van der Waals surface area contributed by atoms with Crippen LogP contribution in [0, 0.1) is 0 Å². The largest absolute Gasteiger partial charge is 0.311 e. The van der Waals surface area contributed by atoms with Crippen LogP contribution < -0.4 is 9.80 Å². The van der Waals surface area contributed by atoms with Gasteiger partial charge < -0.3 is 9.80 Å². The summed E-state index contributed by atoms with van der Waals surface area (Å²) >= 11 is 0. The molecular weight excluding hydrogens is 701 g/mol. The zero-order valence-electron chi connectivity index (χ0n) is 31.8. The molecule has 0 spiro atoms. The van der Waals surface area contributed by atoms with Crippen molar-refractivity contribution in [3.8, 4) is 22.3 Å². The van der Waals surface area contributed by atoms with Crippen LogP contribution in [0.15, 0.2) is 231 Å². The van der Waals surface area contributed by atoms with Crippen LogP contribution in [-0.2, 0) is 0 Å². The maximum atomic E-state index is 2.34. The first-order valence-corrected chi connectivity index (χ1v) is 19.9. The fraction of sp³-hybridized carbons (Fsp3) is 0. The van der Waals surface area contributed by atoms with Crippen LogP contribution >= 0.6 is 0 Å². The van der Waals surface area contributed by atoms with E-state index in [0.29, 0.717) is 0 Å². The first kappa shape index (κ1) is 33.6. The number of hydrogen-bond donors (Lipinski definition) is 0. The molecule has 0 aromatic heterocycles. The summed E-state index contributed by atoms with van der Waals surface area (Å²) in [5.74, 6) is 0. The maximum absolute atomic E-state index is 2.34. The average Bonchev–Trinajstić information content (AvgIpc) is 3.30. The first-order chi connectivity index (χ1) is 28.8. The van der Waals surface area contributed by atoms with Crippen LogP contribution in [0.3, 0.4) is 0 Å². The predicted octanol–water partition coefficient (Wildman–Crippen LogP) is 16.0. The minimum atomic E-state index is 1.12. The second-order valence-corrected chi connectivity index (χ2v) is 14.9. The first-order valence-electron chi connectivity index (χ1n) is 19.9. The number of benzene rings is 11. The maximum Gasteiger partial charge on any atom is 0.0462 e. The second-order valence-electron chi connectivity index (χ2n) is 14.9. The lowest BCUT2D eigenvalue weighted by molar-refractivity contribution is 1.28. The van der Waals surface area contributed by atoms with Gasteiger partial charge >= 0.3 is 0 Å². The molecule has 0 aliphatic carbocycles. The molecule has 0 bridgehead atoms. The van der Waals surface area contributed by atoms with Crippen LogP contribution in [0.1, 0.15) is 0 Å². The summed E-state index contributed by atoms with van der Waals surface area (Å²) in [4.78, 5) is 4.62. The molecule has 0 radical (unpaired) electrons. The summed E-state index contributed by atoms with van der Waals surface area (Å²) in [5.41, 5.74) is 11.7. The van der Waals surface area contributed by atoms with E-state index in [1.165, 1.54) is 65.3 Å². The molecular formula is C56H38N2. The molecule has 2 nitrogen and oxygen atoms in total. The predicted molar refractivity (Wildman–Crippen MR) is 248 cm³/mol. The molecule has 0 aliphatic heterocycles. The third kappa shape index (κ3) is 5.66. The summed E-state index contributed by atoms with van der Waals surface area (Å²) in [7, 11) is 0. The average molecular weight is 739 g/mol. The van der Waals surface area contributed by atoms with Crippen molar-refractivity contribution >= 4 is 77.2 Å². The molecule has 0 N–H and O–H groups in total. The van der Waals surface area contributed by atoms with Gasteiger partial charge in [-0.2, -0.15) is 0 Å². The summed E-state index contributed by atoms with van der Waals surface area (Å²) in [6.45, 7) is 0. The summed E-state index contributed by atoms with van der Waals surface area (Å²) in [6, 6.07) is 83.4. The van der Waals surface area contributed by atoms with Crippen LogP contribution in [0.5, 0.6) is 0 Å². The molecule has 0 saturated carbocycles. The molecule has 0 heterocycles. The second kappa shape index (κ2) is 14.1. The van der Waals surface area contributed by atoms with E-state index in [2.05, 4.69) is 240 Å². The van der Waals surface area contributed by atoms with E-state index in [1.807, 2.05) is 0 Å². The Balaban J connectivity index is 1.00. The monoisotopic (exact) mass is 738 g/mol. The van der Waals surface area contributed by atoms with E-state index >= 15 is 0 Å². The lowest BCUT2D eigenvalue weighted by Gasteiger charge is -2.25. The Hall–Kier alpha value is -7.68. The van der Waals surface area contributed by atoms with Crippen molar-refractivity contribution in [2.75, 3.05) is 9.80 Å². The number of anilines is 6. The summed E-state index contributed by atoms with van der Waals surface area (Å²) in [5, 5.41) is 10.3. The van der Waals surface area contributed by atoms with Gasteiger partial charge in [0.1, 0.15) is 0 Å². The van der Waals surface area contributed by atoms with Gasteiger partial charge in [-0.3, -0.25) is 0 Å². The van der Waals surface area contributed by atoms with Crippen molar-refractivity contribution in [3.63, 3.8) is 0 Å². The molecule has 11 rings (SSSR count). The van der Waals surface area contributed by atoms with Gasteiger partial charge in [-0.25, -0.2) is 0 Å². The van der Waals surface area contributed by atoms with Crippen molar-refractivity contribution in [3.05, 3.63) is 231 Å². The Morgan fingerprint density at radius 3 is 0.793 bits per heavy atom. The van der Waals surface area contributed by atoms with Crippen LogP contribution in [0.4, 0.5) is 34.1 Å². The molecule has 0 fully saturated rings. The topological polar surface area (TPSA) is 6.48 Å². The van der Waals surface area contributed by atoms with Gasteiger partial charge in [-0.1, -0.05) is 158 Å². The van der Waals surface area contributed by atoms with Gasteiger partial charge in [0.2, 0.25) is 0 Å². The molecule has 11 aromatic carbocycles. The van der Waals surface area contributed by atoms with Crippen molar-refractivity contribution in [1.82, 2.24) is 0 Å². The molecule has 0 amide bonds. The Morgan fingerprint density at radius 2 is 0.466 bits per heavy atom. The normalized spacial score (nSPS) is 11.4. The fourth-order valence-corrected chi connectivity index (χ4v) is 9.00. The van der Waals surface area contributed by atoms with Gasteiger partial charge in [-0.05, 0) is 138 Å². The summed E-state index contributed by atoms with van der Waals surface area (Å²) in [6.07, 6.45) is 0. The Morgan fingerprint density at radius 1 is 0.190 bits per heavy atom. The third-order valence-corrected chi connectivity index (χ3v) is 11.6. The minimum Gasteiger partial charge on any atom is -0.311 e. The van der Waals surface area contributed by atoms with E-state index < -0.39 is 0 Å². The third-order valence-electron chi connectivity index (χ3n) is 11.6. The lowest BCUT2D eigenvalue weighted by Crippen LogP contribution is -2.09. The Kier molecular flexibility index (Phi) is 8.19. The number of rotatable bonds is 8. The quantitative estimate of drug-likeness (QED) is 0.113. The van der Waals surface area contributed by atoms with E-state index in [0.717, 1.165) is 34.1 Å². The number of para-hydroxylation sites is 4. The molecule has 11 aromatic rings. The minimum absolute atomic E-state index is 1.12. The van der Waals surface area contributed by atoms with Crippen molar-refractivity contribution in [1.29, 1.82) is 0 Å². The van der Waals surface area contributed by atoms with Crippen LogP contribution in [0.25, 0.3) is 65.3 Å². The molecule has 58 heavy (non-hydrogen) atoms. The van der Waals surface area contributed by atoms with E-state index in [4.69, 9.17) is 0 Å². The molecule has 272 valence electrons. The van der Waals surface area contributed by atoms with Gasteiger partial charge in [0.15, 0.2) is 0 Å². The molecule has 0 unspecified atom stereocenters. The van der Waals surface area contributed by atoms with Crippen molar-refractivity contribution < 1.29 is 0 Å².